The summed E-state index contributed by atoms with van der Waals surface area (Å²) in [6.45, 7) is 6.52. The highest BCUT2D eigenvalue weighted by molar-refractivity contribution is 7.99. The summed E-state index contributed by atoms with van der Waals surface area (Å²) >= 11 is 1.49. The standard InChI is InChI=1S/C13H16O3S/c1-4-8-17-13(11-6-5-7-16-11)12(9(2)14)10(3)15/h4-7,12-13H,1,8H2,2-3H3. The third kappa shape index (κ3) is 3.60. The molecule has 0 aliphatic heterocycles. The molecular formula is C13H16O3S. The summed E-state index contributed by atoms with van der Waals surface area (Å²) in [4.78, 5) is 23.2. The molecule has 92 valence electrons. The van der Waals surface area contributed by atoms with Crippen LogP contribution in [0.2, 0.25) is 0 Å². The first-order valence-corrected chi connectivity index (χ1v) is 6.39. The van der Waals surface area contributed by atoms with Crippen LogP contribution in [-0.2, 0) is 9.59 Å². The van der Waals surface area contributed by atoms with Crippen LogP contribution in [0, 0.1) is 5.92 Å². The Labute approximate surface area is 105 Å². The van der Waals surface area contributed by atoms with Crippen molar-refractivity contribution in [2.75, 3.05) is 5.75 Å². The largest absolute Gasteiger partial charge is 0.468 e. The van der Waals surface area contributed by atoms with Gasteiger partial charge in [-0.1, -0.05) is 6.08 Å². The minimum Gasteiger partial charge on any atom is -0.468 e. The van der Waals surface area contributed by atoms with Gasteiger partial charge < -0.3 is 4.42 Å². The molecule has 17 heavy (non-hydrogen) atoms. The van der Waals surface area contributed by atoms with E-state index in [4.69, 9.17) is 4.42 Å². The molecule has 0 saturated carbocycles. The van der Waals surface area contributed by atoms with E-state index in [1.165, 1.54) is 25.6 Å². The van der Waals surface area contributed by atoms with Crippen molar-refractivity contribution in [2.24, 2.45) is 5.92 Å². The van der Waals surface area contributed by atoms with Gasteiger partial charge in [0, 0.05) is 5.75 Å². The summed E-state index contributed by atoms with van der Waals surface area (Å²) in [5.41, 5.74) is 0. The molecule has 1 unspecified atom stereocenters. The van der Waals surface area contributed by atoms with Crippen LogP contribution in [0.25, 0.3) is 0 Å². The zero-order chi connectivity index (χ0) is 12.8. The van der Waals surface area contributed by atoms with Gasteiger partial charge in [-0.3, -0.25) is 9.59 Å². The number of thioether (sulfide) groups is 1. The molecule has 0 aliphatic carbocycles. The molecule has 3 nitrogen and oxygen atoms in total. The average molecular weight is 252 g/mol. The molecule has 1 aromatic heterocycles. The van der Waals surface area contributed by atoms with E-state index in [0.717, 1.165) is 0 Å². The van der Waals surface area contributed by atoms with Crippen molar-refractivity contribution >= 4 is 23.3 Å². The van der Waals surface area contributed by atoms with Crippen molar-refractivity contribution in [3.05, 3.63) is 36.8 Å². The van der Waals surface area contributed by atoms with Gasteiger partial charge in [0.15, 0.2) is 0 Å². The molecule has 1 atom stereocenters. The van der Waals surface area contributed by atoms with Crippen molar-refractivity contribution in [3.8, 4) is 0 Å². The number of ketones is 2. The van der Waals surface area contributed by atoms with Gasteiger partial charge in [-0.05, 0) is 26.0 Å². The quantitative estimate of drug-likeness (QED) is 0.553. The van der Waals surface area contributed by atoms with Gasteiger partial charge in [0.05, 0.1) is 17.4 Å². The van der Waals surface area contributed by atoms with Crippen molar-refractivity contribution in [2.45, 2.75) is 19.1 Å². The molecule has 1 heterocycles. The fraction of sp³-hybridized carbons (Fsp3) is 0.385. The highest BCUT2D eigenvalue weighted by atomic mass is 32.2. The van der Waals surface area contributed by atoms with E-state index >= 15 is 0 Å². The van der Waals surface area contributed by atoms with Crippen LogP contribution in [0.5, 0.6) is 0 Å². The molecule has 0 amide bonds. The van der Waals surface area contributed by atoms with Crippen LogP contribution in [0.1, 0.15) is 24.9 Å². The molecule has 0 fully saturated rings. The second-order valence-electron chi connectivity index (χ2n) is 3.76. The lowest BCUT2D eigenvalue weighted by molar-refractivity contribution is -0.130. The first kappa shape index (κ1) is 13.8. The lowest BCUT2D eigenvalue weighted by atomic mass is 9.95. The summed E-state index contributed by atoms with van der Waals surface area (Å²) in [5, 5.41) is -0.266. The van der Waals surface area contributed by atoms with E-state index in [1.807, 2.05) is 0 Å². The molecule has 1 aromatic rings. The second-order valence-corrected chi connectivity index (χ2v) is 4.93. The second kappa shape index (κ2) is 6.45. The third-order valence-electron chi connectivity index (χ3n) is 2.40. The maximum atomic E-state index is 11.6. The highest BCUT2D eigenvalue weighted by Gasteiger charge is 2.32. The van der Waals surface area contributed by atoms with E-state index in [0.29, 0.717) is 11.5 Å². The van der Waals surface area contributed by atoms with Crippen molar-refractivity contribution in [3.63, 3.8) is 0 Å². The first-order valence-electron chi connectivity index (χ1n) is 5.34. The minimum absolute atomic E-state index is 0.129. The Hall–Kier alpha value is -1.29. The zero-order valence-electron chi connectivity index (χ0n) is 10.0. The number of Topliss-reactive ketones (excluding diaryl/α,β-unsaturated/α-hetero) is 2. The maximum absolute atomic E-state index is 11.6. The molecule has 0 N–H and O–H groups in total. The van der Waals surface area contributed by atoms with E-state index in [1.54, 1.807) is 24.5 Å². The lowest BCUT2D eigenvalue weighted by Gasteiger charge is -2.20. The van der Waals surface area contributed by atoms with Gasteiger partial charge in [0.1, 0.15) is 17.3 Å². The Balaban J connectivity index is 2.99. The molecular weight excluding hydrogens is 236 g/mol. The van der Waals surface area contributed by atoms with E-state index in [-0.39, 0.29) is 16.8 Å². The number of furan rings is 1. The van der Waals surface area contributed by atoms with Gasteiger partial charge in [-0.25, -0.2) is 0 Å². The van der Waals surface area contributed by atoms with Crippen LogP contribution in [0.3, 0.4) is 0 Å². The number of rotatable bonds is 7. The molecule has 0 radical (unpaired) electrons. The van der Waals surface area contributed by atoms with Gasteiger partial charge in [-0.15, -0.1) is 18.3 Å². The van der Waals surface area contributed by atoms with Crippen LogP contribution in [-0.4, -0.2) is 17.3 Å². The van der Waals surface area contributed by atoms with E-state index in [2.05, 4.69) is 6.58 Å². The number of carbonyl (C=O) groups is 2. The topological polar surface area (TPSA) is 47.3 Å². The predicted octanol–water partition coefficient (Wildman–Crippen LogP) is 3.03. The third-order valence-corrected chi connectivity index (χ3v) is 3.69. The molecule has 0 aromatic carbocycles. The molecule has 0 saturated heterocycles. The van der Waals surface area contributed by atoms with Crippen LogP contribution in [0.15, 0.2) is 35.5 Å². The summed E-state index contributed by atoms with van der Waals surface area (Å²) in [7, 11) is 0. The summed E-state index contributed by atoms with van der Waals surface area (Å²) in [6.07, 6.45) is 3.30. The highest BCUT2D eigenvalue weighted by Crippen LogP contribution is 2.37. The Morgan fingerprint density at radius 1 is 1.47 bits per heavy atom. The molecule has 0 spiro atoms. The predicted molar refractivity (Wildman–Crippen MR) is 69.0 cm³/mol. The van der Waals surface area contributed by atoms with E-state index in [9.17, 15) is 9.59 Å². The number of carbonyl (C=O) groups excluding carboxylic acids is 2. The summed E-state index contributed by atoms with van der Waals surface area (Å²) in [6, 6.07) is 3.55. The minimum atomic E-state index is -0.647. The summed E-state index contributed by atoms with van der Waals surface area (Å²) in [5.74, 6) is 0.423. The van der Waals surface area contributed by atoms with Gasteiger partial charge in [0.2, 0.25) is 0 Å². The first-order chi connectivity index (χ1) is 8.07. The Bertz CT molecular complexity index is 381. The van der Waals surface area contributed by atoms with Gasteiger partial charge >= 0.3 is 0 Å². The number of hydrogen-bond donors (Lipinski definition) is 0. The average Bonchev–Trinajstić information content (AvgIpc) is 2.75. The molecule has 0 bridgehead atoms. The van der Waals surface area contributed by atoms with E-state index < -0.39 is 5.92 Å². The van der Waals surface area contributed by atoms with Crippen LogP contribution < -0.4 is 0 Å². The summed E-state index contributed by atoms with van der Waals surface area (Å²) < 4.78 is 5.31. The van der Waals surface area contributed by atoms with Gasteiger partial charge in [0.25, 0.3) is 0 Å². The SMILES string of the molecule is C=CCSC(c1ccco1)C(C(C)=O)C(C)=O. The van der Waals surface area contributed by atoms with Crippen molar-refractivity contribution < 1.29 is 14.0 Å². The Kier molecular flexibility index (Phi) is 5.22. The van der Waals surface area contributed by atoms with Crippen molar-refractivity contribution in [1.29, 1.82) is 0 Å². The van der Waals surface area contributed by atoms with Gasteiger partial charge in [-0.2, -0.15) is 0 Å². The maximum Gasteiger partial charge on any atom is 0.141 e. The van der Waals surface area contributed by atoms with Crippen molar-refractivity contribution in [1.82, 2.24) is 0 Å². The van der Waals surface area contributed by atoms with Crippen LogP contribution >= 0.6 is 11.8 Å². The van der Waals surface area contributed by atoms with Crippen LogP contribution in [0.4, 0.5) is 0 Å². The smallest absolute Gasteiger partial charge is 0.141 e. The lowest BCUT2D eigenvalue weighted by Crippen LogP contribution is -2.25. The molecule has 0 aliphatic rings. The normalized spacial score (nSPS) is 12.4. The number of hydrogen-bond acceptors (Lipinski definition) is 4. The fourth-order valence-electron chi connectivity index (χ4n) is 1.68. The Morgan fingerprint density at radius 2 is 2.12 bits per heavy atom. The zero-order valence-corrected chi connectivity index (χ0v) is 10.8. The molecule has 4 heteroatoms. The molecule has 1 rings (SSSR count). The monoisotopic (exact) mass is 252 g/mol. The Morgan fingerprint density at radius 3 is 2.53 bits per heavy atom. The fourth-order valence-corrected chi connectivity index (χ4v) is 2.90.